The van der Waals surface area contributed by atoms with Gasteiger partial charge in [0.15, 0.2) is 0 Å². The summed E-state index contributed by atoms with van der Waals surface area (Å²) in [6.07, 6.45) is 64.8. The van der Waals surface area contributed by atoms with E-state index in [1.807, 2.05) is 6.08 Å². The Kier molecular flexibility index (Phi) is 52.6. The van der Waals surface area contributed by atoms with E-state index in [-0.39, 0.29) is 18.5 Å². The highest BCUT2D eigenvalue weighted by molar-refractivity contribution is 5.76. The van der Waals surface area contributed by atoms with Crippen molar-refractivity contribution < 1.29 is 24.5 Å². The Morgan fingerprint density at radius 3 is 1.11 bits per heavy atom. The van der Waals surface area contributed by atoms with Crippen LogP contribution in [0.4, 0.5) is 0 Å². The van der Waals surface area contributed by atoms with Gasteiger partial charge in [0.1, 0.15) is 0 Å². The standard InChI is InChI=1S/C58H111NO5/c1-3-5-7-9-11-13-15-17-19-20-21-22-23-24-25-26-27-30-34-38-42-46-50-56(61)55(54-60)59-57(62)51-47-43-39-35-31-29-33-37-41-45-49-53-64-58(63)52-48-44-40-36-32-28-18-16-14-12-10-8-6-4-2/h33,37,46,50,55-56,60-61H,3-32,34-36,38-45,47-49,51-54H2,1-2H3,(H,59,62)/b37-33-,50-46+. The quantitative estimate of drug-likeness (QED) is 0.0321. The third kappa shape index (κ3) is 49.8. The highest BCUT2D eigenvalue weighted by Gasteiger charge is 2.18. The van der Waals surface area contributed by atoms with E-state index >= 15 is 0 Å². The number of nitrogens with one attached hydrogen (secondary N) is 1. The summed E-state index contributed by atoms with van der Waals surface area (Å²) in [5, 5.41) is 23.1. The van der Waals surface area contributed by atoms with Crippen molar-refractivity contribution in [2.24, 2.45) is 0 Å². The van der Waals surface area contributed by atoms with E-state index in [2.05, 4.69) is 31.3 Å². The maximum atomic E-state index is 12.5. The molecule has 2 unspecified atom stereocenters. The van der Waals surface area contributed by atoms with Crippen LogP contribution in [-0.2, 0) is 14.3 Å². The first-order chi connectivity index (χ1) is 31.5. The molecule has 0 aliphatic heterocycles. The highest BCUT2D eigenvalue weighted by atomic mass is 16.5. The summed E-state index contributed by atoms with van der Waals surface area (Å²) in [6.45, 7) is 4.84. The number of allylic oxidation sites excluding steroid dienone is 3. The largest absolute Gasteiger partial charge is 0.466 e. The number of ether oxygens (including phenoxy) is 1. The fourth-order valence-electron chi connectivity index (χ4n) is 8.81. The van der Waals surface area contributed by atoms with Gasteiger partial charge in [0.2, 0.25) is 5.91 Å². The lowest BCUT2D eigenvalue weighted by Gasteiger charge is -2.20. The number of hydrogen-bond donors (Lipinski definition) is 3. The minimum atomic E-state index is -0.863. The molecule has 0 aromatic heterocycles. The third-order valence-corrected chi connectivity index (χ3v) is 13.2. The van der Waals surface area contributed by atoms with Gasteiger partial charge in [-0.25, -0.2) is 0 Å². The molecule has 0 spiro atoms. The molecule has 6 nitrogen and oxygen atoms in total. The van der Waals surface area contributed by atoms with E-state index in [0.29, 0.717) is 19.4 Å². The van der Waals surface area contributed by atoms with Crippen LogP contribution in [0.5, 0.6) is 0 Å². The first kappa shape index (κ1) is 62.3. The van der Waals surface area contributed by atoms with Crippen molar-refractivity contribution in [1.82, 2.24) is 5.32 Å². The minimum Gasteiger partial charge on any atom is -0.466 e. The molecule has 0 aliphatic carbocycles. The Balaban J connectivity index is 3.53. The minimum absolute atomic E-state index is 0.0302. The zero-order valence-corrected chi connectivity index (χ0v) is 43.0. The average Bonchev–Trinajstić information content (AvgIpc) is 3.29. The van der Waals surface area contributed by atoms with Gasteiger partial charge in [-0.05, 0) is 57.8 Å². The van der Waals surface area contributed by atoms with Gasteiger partial charge in [-0.3, -0.25) is 9.59 Å². The lowest BCUT2D eigenvalue weighted by atomic mass is 10.0. The van der Waals surface area contributed by atoms with Crippen molar-refractivity contribution in [3.63, 3.8) is 0 Å². The lowest BCUT2D eigenvalue weighted by molar-refractivity contribution is -0.143. The summed E-state index contributed by atoms with van der Waals surface area (Å²) in [5.41, 5.74) is 0. The van der Waals surface area contributed by atoms with Crippen molar-refractivity contribution in [3.05, 3.63) is 24.3 Å². The predicted octanol–water partition coefficient (Wildman–Crippen LogP) is 17.5. The number of unbranched alkanes of at least 4 members (excludes halogenated alkanes) is 40. The Bertz CT molecular complexity index is 997. The van der Waals surface area contributed by atoms with Crippen LogP contribution in [0.1, 0.15) is 309 Å². The van der Waals surface area contributed by atoms with Crippen molar-refractivity contribution in [2.75, 3.05) is 13.2 Å². The summed E-state index contributed by atoms with van der Waals surface area (Å²) in [4.78, 5) is 24.5. The van der Waals surface area contributed by atoms with Crippen LogP contribution in [0.3, 0.4) is 0 Å². The molecule has 0 rings (SSSR count). The van der Waals surface area contributed by atoms with E-state index in [9.17, 15) is 19.8 Å². The molecule has 1 amide bonds. The third-order valence-electron chi connectivity index (χ3n) is 13.2. The van der Waals surface area contributed by atoms with Crippen molar-refractivity contribution >= 4 is 11.9 Å². The van der Waals surface area contributed by atoms with Crippen molar-refractivity contribution in [3.8, 4) is 0 Å². The Hall–Kier alpha value is -1.66. The van der Waals surface area contributed by atoms with Crippen LogP contribution in [0.15, 0.2) is 24.3 Å². The summed E-state index contributed by atoms with van der Waals surface area (Å²) in [5.74, 6) is -0.124. The molecule has 0 heterocycles. The Morgan fingerprint density at radius 2 is 0.734 bits per heavy atom. The summed E-state index contributed by atoms with van der Waals surface area (Å²) in [6, 6.07) is -0.649. The maximum Gasteiger partial charge on any atom is 0.305 e. The van der Waals surface area contributed by atoms with Gasteiger partial charge in [0.05, 0.1) is 25.4 Å². The number of aliphatic hydroxyl groups excluding tert-OH is 2. The fourth-order valence-corrected chi connectivity index (χ4v) is 8.81. The normalized spacial score (nSPS) is 12.8. The molecule has 0 radical (unpaired) electrons. The molecular weight excluding hydrogens is 791 g/mol. The van der Waals surface area contributed by atoms with Gasteiger partial charge in [-0.15, -0.1) is 0 Å². The number of carbonyl (C=O) groups excluding carboxylic acids is 2. The highest BCUT2D eigenvalue weighted by Crippen LogP contribution is 2.17. The van der Waals surface area contributed by atoms with E-state index in [1.165, 1.54) is 199 Å². The molecular formula is C58H111NO5. The van der Waals surface area contributed by atoms with Crippen LogP contribution in [0.2, 0.25) is 0 Å². The van der Waals surface area contributed by atoms with E-state index in [4.69, 9.17) is 4.74 Å². The first-order valence-corrected chi connectivity index (χ1v) is 28.6. The molecule has 0 aromatic carbocycles. The van der Waals surface area contributed by atoms with Gasteiger partial charge in [-0.1, -0.05) is 263 Å². The molecule has 0 aromatic rings. The molecule has 0 aliphatic rings. The molecule has 6 heteroatoms. The summed E-state index contributed by atoms with van der Waals surface area (Å²) >= 11 is 0. The lowest BCUT2D eigenvalue weighted by Crippen LogP contribution is -2.45. The summed E-state index contributed by atoms with van der Waals surface area (Å²) < 4.78 is 5.44. The van der Waals surface area contributed by atoms with Crippen LogP contribution in [-0.4, -0.2) is 47.4 Å². The topological polar surface area (TPSA) is 95.9 Å². The number of amides is 1. The predicted molar refractivity (Wildman–Crippen MR) is 278 cm³/mol. The van der Waals surface area contributed by atoms with Gasteiger partial charge >= 0.3 is 5.97 Å². The molecule has 0 saturated heterocycles. The van der Waals surface area contributed by atoms with Gasteiger partial charge in [-0.2, -0.15) is 0 Å². The number of carbonyl (C=O) groups is 2. The molecule has 0 saturated carbocycles. The van der Waals surface area contributed by atoms with Crippen LogP contribution >= 0.6 is 0 Å². The van der Waals surface area contributed by atoms with E-state index in [1.54, 1.807) is 6.08 Å². The van der Waals surface area contributed by atoms with Gasteiger partial charge < -0.3 is 20.3 Å². The van der Waals surface area contributed by atoms with E-state index in [0.717, 1.165) is 83.5 Å². The number of rotatable bonds is 53. The molecule has 2 atom stereocenters. The zero-order chi connectivity index (χ0) is 46.5. The molecule has 0 fully saturated rings. The molecule has 378 valence electrons. The summed E-state index contributed by atoms with van der Waals surface area (Å²) in [7, 11) is 0. The first-order valence-electron chi connectivity index (χ1n) is 28.6. The second-order valence-corrected chi connectivity index (χ2v) is 19.6. The SMILES string of the molecule is CCCCCCCCCCCCCCCCCCCCCC/C=C/C(O)C(CO)NC(=O)CCCCCCC/C=C\CCCCOC(=O)CCCCCCCCCCCCCCCC. The van der Waals surface area contributed by atoms with Crippen molar-refractivity contribution in [2.45, 2.75) is 321 Å². The Morgan fingerprint density at radius 1 is 0.422 bits per heavy atom. The second kappa shape index (κ2) is 54.0. The molecule has 0 bridgehead atoms. The monoisotopic (exact) mass is 902 g/mol. The van der Waals surface area contributed by atoms with Crippen LogP contribution in [0.25, 0.3) is 0 Å². The number of esters is 1. The fraction of sp³-hybridized carbons (Fsp3) is 0.897. The Labute approximate surface area is 399 Å². The van der Waals surface area contributed by atoms with Gasteiger partial charge in [0.25, 0.3) is 0 Å². The molecule has 64 heavy (non-hydrogen) atoms. The van der Waals surface area contributed by atoms with Crippen LogP contribution < -0.4 is 5.32 Å². The maximum absolute atomic E-state index is 12.5. The van der Waals surface area contributed by atoms with Gasteiger partial charge in [0, 0.05) is 12.8 Å². The second-order valence-electron chi connectivity index (χ2n) is 19.6. The van der Waals surface area contributed by atoms with Crippen molar-refractivity contribution in [1.29, 1.82) is 0 Å². The average molecular weight is 903 g/mol. The molecule has 3 N–H and O–H groups in total. The number of hydrogen-bond acceptors (Lipinski definition) is 5. The van der Waals surface area contributed by atoms with Crippen LogP contribution in [0, 0.1) is 0 Å². The van der Waals surface area contributed by atoms with E-state index < -0.39 is 12.1 Å². The zero-order valence-electron chi connectivity index (χ0n) is 43.0. The number of aliphatic hydroxyl groups is 2. The smallest absolute Gasteiger partial charge is 0.305 e.